The molecule has 37 heavy (non-hydrogen) atoms. The van der Waals surface area contributed by atoms with Crippen LogP contribution in [0.1, 0.15) is 30.9 Å². The summed E-state index contributed by atoms with van der Waals surface area (Å²) >= 11 is 0. The maximum absolute atomic E-state index is 14.6. The molecule has 3 aromatic heterocycles. The number of hydrogen-bond donors (Lipinski definition) is 1. The Kier molecular flexibility index (Phi) is 5.76. The van der Waals surface area contributed by atoms with Gasteiger partial charge in [-0.3, -0.25) is 9.55 Å². The summed E-state index contributed by atoms with van der Waals surface area (Å²) < 4.78 is 85.3. The summed E-state index contributed by atoms with van der Waals surface area (Å²) in [5.41, 5.74) is -1.98. The summed E-state index contributed by atoms with van der Waals surface area (Å²) in [6.45, 7) is 1.75. The van der Waals surface area contributed by atoms with E-state index in [-0.39, 0.29) is 47.7 Å². The Morgan fingerprint density at radius 3 is 2.41 bits per heavy atom. The Hall–Kier alpha value is -3.89. The summed E-state index contributed by atoms with van der Waals surface area (Å²) in [6.07, 6.45) is -1.14. The molecule has 0 aliphatic heterocycles. The van der Waals surface area contributed by atoms with Gasteiger partial charge in [-0.25, -0.2) is 22.8 Å². The van der Waals surface area contributed by atoms with Gasteiger partial charge in [0, 0.05) is 24.0 Å². The first-order chi connectivity index (χ1) is 17.5. The van der Waals surface area contributed by atoms with Gasteiger partial charge in [0.25, 0.3) is 0 Å². The molecule has 1 aliphatic carbocycles. The number of aryl methyl sites for hydroxylation is 1. The summed E-state index contributed by atoms with van der Waals surface area (Å²) in [4.78, 5) is 12.2. The van der Waals surface area contributed by atoms with Crippen molar-refractivity contribution in [2.75, 3.05) is 0 Å². The average Bonchev–Trinajstić information content (AvgIpc) is 3.57. The van der Waals surface area contributed by atoms with Crippen LogP contribution in [0.15, 0.2) is 53.8 Å². The number of pyridine rings is 1. The van der Waals surface area contributed by atoms with E-state index in [4.69, 9.17) is 0 Å². The van der Waals surface area contributed by atoms with Crippen molar-refractivity contribution in [2.24, 2.45) is 0 Å². The van der Waals surface area contributed by atoms with Crippen molar-refractivity contribution in [2.45, 2.75) is 42.8 Å². The number of benzene rings is 1. The van der Waals surface area contributed by atoms with Crippen LogP contribution in [-0.4, -0.2) is 39.7 Å². The minimum atomic E-state index is -4.77. The van der Waals surface area contributed by atoms with Gasteiger partial charge in [0.2, 0.25) is 16.0 Å². The second kappa shape index (κ2) is 8.60. The van der Waals surface area contributed by atoms with Crippen LogP contribution in [0.3, 0.4) is 0 Å². The average molecular weight is 531 g/mol. The van der Waals surface area contributed by atoms with Crippen LogP contribution in [0.4, 0.5) is 17.6 Å². The van der Waals surface area contributed by atoms with Crippen LogP contribution in [0.25, 0.3) is 28.2 Å². The zero-order chi connectivity index (χ0) is 26.6. The van der Waals surface area contributed by atoms with Crippen LogP contribution < -0.4 is 4.72 Å². The summed E-state index contributed by atoms with van der Waals surface area (Å²) in [6, 6.07) is 8.16. The van der Waals surface area contributed by atoms with Gasteiger partial charge in [0.15, 0.2) is 0 Å². The number of rotatable bonds is 6. The van der Waals surface area contributed by atoms with Gasteiger partial charge in [0.05, 0.1) is 22.8 Å². The topological polar surface area (TPSA) is 114 Å². The van der Waals surface area contributed by atoms with Gasteiger partial charge in [-0.2, -0.15) is 23.2 Å². The van der Waals surface area contributed by atoms with E-state index < -0.39 is 32.5 Å². The van der Waals surface area contributed by atoms with E-state index in [1.54, 1.807) is 13.0 Å². The number of hydrogen-bond acceptors (Lipinski definition) is 6. The number of fused-ring (bicyclic) bond motifs is 1. The molecule has 0 unspecified atom stereocenters. The van der Waals surface area contributed by atoms with Crippen LogP contribution >= 0.6 is 0 Å². The zero-order valence-corrected chi connectivity index (χ0v) is 20.0. The lowest BCUT2D eigenvalue weighted by atomic mass is 10.0. The maximum atomic E-state index is 14.6. The molecule has 0 saturated heterocycles. The molecule has 8 nitrogen and oxygen atoms in total. The van der Waals surface area contributed by atoms with Crippen molar-refractivity contribution < 1.29 is 26.0 Å². The minimum Gasteiger partial charge on any atom is -0.276 e. The van der Waals surface area contributed by atoms with Crippen molar-refractivity contribution in [3.8, 4) is 23.4 Å². The van der Waals surface area contributed by atoms with E-state index in [2.05, 4.69) is 15.0 Å². The molecule has 1 aromatic carbocycles. The molecule has 0 bridgehead atoms. The van der Waals surface area contributed by atoms with Gasteiger partial charge in [0.1, 0.15) is 21.9 Å². The van der Waals surface area contributed by atoms with Crippen molar-refractivity contribution in [1.29, 1.82) is 5.26 Å². The predicted molar refractivity (Wildman–Crippen MR) is 124 cm³/mol. The number of aromatic nitrogens is 4. The number of nitrogens with zero attached hydrogens (tertiary/aromatic N) is 5. The van der Waals surface area contributed by atoms with E-state index in [1.807, 2.05) is 10.8 Å². The summed E-state index contributed by atoms with van der Waals surface area (Å²) in [7, 11) is -4.73. The van der Waals surface area contributed by atoms with Crippen LogP contribution in [0.2, 0.25) is 0 Å². The summed E-state index contributed by atoms with van der Waals surface area (Å²) in [5, 5.41) is 10.1. The third-order valence-corrected chi connectivity index (χ3v) is 7.84. The van der Waals surface area contributed by atoms with Gasteiger partial charge >= 0.3 is 6.18 Å². The molecule has 190 valence electrons. The van der Waals surface area contributed by atoms with Crippen LogP contribution in [-0.2, 0) is 16.4 Å². The fourth-order valence-corrected chi connectivity index (χ4v) is 6.03. The molecule has 0 spiro atoms. The van der Waals surface area contributed by atoms with Crippen molar-refractivity contribution in [3.63, 3.8) is 0 Å². The fourth-order valence-electron chi connectivity index (χ4n) is 4.42. The normalized spacial score (nSPS) is 15.0. The number of alkyl halides is 3. The van der Waals surface area contributed by atoms with E-state index in [0.29, 0.717) is 10.9 Å². The molecule has 4 aromatic rings. The zero-order valence-electron chi connectivity index (χ0n) is 19.2. The van der Waals surface area contributed by atoms with Crippen molar-refractivity contribution in [1.82, 2.24) is 24.2 Å². The standard InChI is InChI=1S/C24H18F4N6O2S/c1-2-16-19-14(13-29)11-15(25)12-17(19)34(22-31-9-4-10-32-22)21(16)20-18(5-3-8-30-20)37(35,36)33-23(6-7-23)24(26,27)28/h3-5,8-12,33H,2,6-7H2,1H3. The van der Waals surface area contributed by atoms with E-state index in [0.717, 1.165) is 18.2 Å². The number of halogens is 4. The Morgan fingerprint density at radius 1 is 1.14 bits per heavy atom. The first-order valence-electron chi connectivity index (χ1n) is 11.1. The Balaban J connectivity index is 1.85. The van der Waals surface area contributed by atoms with Gasteiger partial charge in [-0.1, -0.05) is 6.92 Å². The lowest BCUT2D eigenvalue weighted by Gasteiger charge is -2.21. The molecule has 0 radical (unpaired) electrons. The molecule has 0 amide bonds. The fraction of sp³-hybridized carbons (Fsp3) is 0.250. The second-order valence-electron chi connectivity index (χ2n) is 8.56. The van der Waals surface area contributed by atoms with Crippen molar-refractivity contribution in [3.05, 3.63) is 65.9 Å². The first kappa shape index (κ1) is 24.8. The molecule has 1 aliphatic rings. The monoisotopic (exact) mass is 530 g/mol. The first-order valence-corrected chi connectivity index (χ1v) is 12.6. The highest BCUT2D eigenvalue weighted by atomic mass is 32.2. The van der Waals surface area contributed by atoms with Crippen LogP contribution in [0.5, 0.6) is 0 Å². The lowest BCUT2D eigenvalue weighted by molar-refractivity contribution is -0.160. The third-order valence-electron chi connectivity index (χ3n) is 6.27. The van der Waals surface area contributed by atoms with Gasteiger partial charge in [-0.05, 0) is 55.2 Å². The van der Waals surface area contributed by atoms with E-state index in [1.165, 1.54) is 29.2 Å². The highest BCUT2D eigenvalue weighted by Gasteiger charge is 2.65. The SMILES string of the molecule is CCc1c(-c2ncccc2S(=O)(=O)NC2(C(F)(F)F)CC2)n(-c2ncccn2)c2cc(F)cc(C#N)c12. The molecule has 3 heterocycles. The molecule has 1 saturated carbocycles. The molecular weight excluding hydrogens is 512 g/mol. The smallest absolute Gasteiger partial charge is 0.276 e. The number of nitrogens with one attached hydrogen (secondary N) is 1. The Labute approximate surface area is 208 Å². The Bertz CT molecular complexity index is 1670. The number of nitriles is 1. The molecule has 1 fully saturated rings. The highest BCUT2D eigenvalue weighted by molar-refractivity contribution is 7.89. The highest BCUT2D eigenvalue weighted by Crippen LogP contribution is 2.50. The third kappa shape index (κ3) is 4.02. The lowest BCUT2D eigenvalue weighted by Crippen LogP contribution is -2.47. The predicted octanol–water partition coefficient (Wildman–Crippen LogP) is 4.43. The van der Waals surface area contributed by atoms with Crippen molar-refractivity contribution >= 4 is 20.9 Å². The van der Waals surface area contributed by atoms with E-state index in [9.17, 15) is 31.2 Å². The van der Waals surface area contributed by atoms with E-state index >= 15 is 0 Å². The maximum Gasteiger partial charge on any atom is 0.407 e. The molecule has 5 rings (SSSR count). The largest absolute Gasteiger partial charge is 0.407 e. The van der Waals surface area contributed by atoms with Gasteiger partial charge < -0.3 is 0 Å². The second-order valence-corrected chi connectivity index (χ2v) is 10.2. The van der Waals surface area contributed by atoms with Gasteiger partial charge in [-0.15, -0.1) is 0 Å². The quantitative estimate of drug-likeness (QED) is 0.369. The Morgan fingerprint density at radius 2 is 1.81 bits per heavy atom. The molecule has 13 heteroatoms. The minimum absolute atomic E-state index is 0.00440. The molecule has 1 N–H and O–H groups in total. The summed E-state index contributed by atoms with van der Waals surface area (Å²) in [5.74, 6) is -0.683. The molecular formula is C24H18F4N6O2S. The van der Waals surface area contributed by atoms with Crippen LogP contribution in [0, 0.1) is 17.1 Å². The number of sulfonamides is 1. The molecule has 0 atom stereocenters.